The summed E-state index contributed by atoms with van der Waals surface area (Å²) in [5.74, 6) is 1.69. The lowest BCUT2D eigenvalue weighted by Gasteiger charge is -2.45. The maximum atomic E-state index is 10.7. The van der Waals surface area contributed by atoms with Crippen LogP contribution < -0.4 is 4.90 Å². The Morgan fingerprint density at radius 1 is 1.16 bits per heavy atom. The summed E-state index contributed by atoms with van der Waals surface area (Å²) >= 11 is 0. The van der Waals surface area contributed by atoms with Crippen LogP contribution >= 0.6 is 0 Å². The molecule has 2 saturated heterocycles. The fourth-order valence-electron chi connectivity index (χ4n) is 6.03. The molecule has 0 amide bonds. The highest BCUT2D eigenvalue weighted by Crippen LogP contribution is 2.58. The van der Waals surface area contributed by atoms with Gasteiger partial charge < -0.3 is 10.0 Å². The Balaban J connectivity index is 1.36. The average Bonchev–Trinajstić information content (AvgIpc) is 3.41. The average molecular weight is 431 g/mol. The monoisotopic (exact) mass is 430 g/mol. The van der Waals surface area contributed by atoms with Gasteiger partial charge in [0, 0.05) is 48.1 Å². The number of rotatable bonds is 5. The lowest BCUT2D eigenvalue weighted by atomic mass is 9.61. The topological polar surface area (TPSA) is 79.4 Å². The number of aromatic nitrogens is 4. The van der Waals surface area contributed by atoms with Crippen LogP contribution in [0.5, 0.6) is 0 Å². The van der Waals surface area contributed by atoms with Crippen molar-refractivity contribution in [2.45, 2.75) is 63.0 Å². The molecule has 0 atom stereocenters. The number of aliphatic imine (C=N–C) groups is 1. The van der Waals surface area contributed by atoms with Crippen molar-refractivity contribution in [1.82, 2.24) is 19.7 Å². The third-order valence-corrected chi connectivity index (χ3v) is 8.38. The molecule has 2 saturated carbocycles. The quantitative estimate of drug-likeness (QED) is 0.625. The molecule has 2 aromatic heterocycles. The number of fused-ring (bicyclic) bond motifs is 2. The molecule has 2 bridgehead atoms. The highest BCUT2D eigenvalue weighted by atomic mass is 16.3. The third-order valence-electron chi connectivity index (χ3n) is 8.38. The van der Waals surface area contributed by atoms with Crippen LogP contribution in [-0.2, 0) is 5.41 Å². The molecule has 0 radical (unpaired) electrons. The van der Waals surface area contributed by atoms with Gasteiger partial charge >= 0.3 is 0 Å². The van der Waals surface area contributed by atoms with E-state index >= 15 is 0 Å². The van der Waals surface area contributed by atoms with E-state index in [-0.39, 0.29) is 10.8 Å². The minimum Gasteiger partial charge on any atom is -0.390 e. The fourth-order valence-corrected chi connectivity index (χ4v) is 6.03. The number of aliphatic hydroxyl groups is 1. The lowest BCUT2D eigenvalue weighted by Crippen LogP contribution is -2.50. The van der Waals surface area contributed by atoms with Gasteiger partial charge in [0.15, 0.2) is 5.82 Å². The van der Waals surface area contributed by atoms with Gasteiger partial charge in [-0.2, -0.15) is 5.10 Å². The zero-order chi connectivity index (χ0) is 22.1. The summed E-state index contributed by atoms with van der Waals surface area (Å²) in [5.41, 5.74) is 1.69. The first kappa shape index (κ1) is 19.9. The molecule has 4 aliphatic rings. The van der Waals surface area contributed by atoms with E-state index in [1.165, 1.54) is 12.0 Å². The lowest BCUT2D eigenvalue weighted by molar-refractivity contribution is -0.0754. The van der Waals surface area contributed by atoms with Gasteiger partial charge in [-0.15, -0.1) is 0 Å². The van der Waals surface area contributed by atoms with Crippen LogP contribution in [0.2, 0.25) is 0 Å². The van der Waals surface area contributed by atoms with Crippen molar-refractivity contribution < 1.29 is 5.11 Å². The molecule has 2 aliphatic carbocycles. The fraction of sp³-hybridized carbons (Fsp3) is 0.520. The molecule has 166 valence electrons. The minimum absolute atomic E-state index is 0.0337. The van der Waals surface area contributed by atoms with Crippen molar-refractivity contribution in [1.29, 1.82) is 0 Å². The molecule has 3 aromatic rings. The van der Waals surface area contributed by atoms with Gasteiger partial charge in [0.05, 0.1) is 17.3 Å². The van der Waals surface area contributed by atoms with Crippen LogP contribution in [0.3, 0.4) is 0 Å². The minimum atomic E-state index is -0.679. The second kappa shape index (κ2) is 6.61. The second-order valence-electron chi connectivity index (χ2n) is 10.5. The first-order valence-electron chi connectivity index (χ1n) is 11.6. The summed E-state index contributed by atoms with van der Waals surface area (Å²) in [6.45, 7) is 4.70. The number of anilines is 1. The number of benzene rings is 1. The van der Waals surface area contributed by atoms with E-state index in [1.54, 1.807) is 6.33 Å². The SMILES string of the molecule is CN=CC1(c2ccc3cnn(-c4cc(N5CC6(C(C)(C)O)CC5C6)ncn4)c3c2)CCC1. The molecule has 0 spiro atoms. The van der Waals surface area contributed by atoms with E-state index in [9.17, 15) is 5.11 Å². The molecule has 4 heterocycles. The Kier molecular flexibility index (Phi) is 4.10. The summed E-state index contributed by atoms with van der Waals surface area (Å²) in [7, 11) is 1.86. The molecular formula is C25H30N6O. The number of nitrogens with zero attached hydrogens (tertiary/aromatic N) is 6. The van der Waals surface area contributed by atoms with Gasteiger partial charge in [0.1, 0.15) is 12.1 Å². The molecule has 4 fully saturated rings. The van der Waals surface area contributed by atoms with Gasteiger partial charge in [-0.25, -0.2) is 14.6 Å². The van der Waals surface area contributed by atoms with Crippen molar-refractivity contribution in [2.75, 3.05) is 18.5 Å². The van der Waals surface area contributed by atoms with Crippen molar-refractivity contribution in [3.8, 4) is 5.82 Å². The Morgan fingerprint density at radius 3 is 2.59 bits per heavy atom. The molecule has 1 N–H and O–H groups in total. The van der Waals surface area contributed by atoms with Crippen LogP contribution in [0.15, 0.2) is 41.8 Å². The summed E-state index contributed by atoms with van der Waals surface area (Å²) < 4.78 is 1.92. The van der Waals surface area contributed by atoms with E-state index in [0.717, 1.165) is 54.8 Å². The summed E-state index contributed by atoms with van der Waals surface area (Å²) in [4.78, 5) is 15.8. The van der Waals surface area contributed by atoms with Gasteiger partial charge in [0.2, 0.25) is 0 Å². The van der Waals surface area contributed by atoms with E-state index in [2.05, 4.69) is 49.4 Å². The zero-order valence-electron chi connectivity index (χ0n) is 19.0. The first-order valence-corrected chi connectivity index (χ1v) is 11.6. The molecule has 7 heteroatoms. The predicted molar refractivity (Wildman–Crippen MR) is 126 cm³/mol. The zero-order valence-corrected chi connectivity index (χ0v) is 19.0. The maximum Gasteiger partial charge on any atom is 0.159 e. The normalized spacial score (nSPS) is 26.5. The molecule has 2 aliphatic heterocycles. The summed E-state index contributed by atoms with van der Waals surface area (Å²) in [5, 5.41) is 16.4. The largest absolute Gasteiger partial charge is 0.390 e. The number of hydrogen-bond acceptors (Lipinski definition) is 6. The van der Waals surface area contributed by atoms with Crippen LogP contribution in [0, 0.1) is 5.41 Å². The van der Waals surface area contributed by atoms with E-state index < -0.39 is 5.60 Å². The molecule has 32 heavy (non-hydrogen) atoms. The predicted octanol–water partition coefficient (Wildman–Crippen LogP) is 3.68. The van der Waals surface area contributed by atoms with Gasteiger partial charge in [-0.3, -0.25) is 4.99 Å². The van der Waals surface area contributed by atoms with Gasteiger partial charge in [-0.1, -0.05) is 18.6 Å². The molecule has 7 nitrogen and oxygen atoms in total. The molecular weight excluding hydrogens is 400 g/mol. The summed E-state index contributed by atoms with van der Waals surface area (Å²) in [6, 6.07) is 9.10. The third kappa shape index (κ3) is 2.70. The Morgan fingerprint density at radius 2 is 1.94 bits per heavy atom. The molecule has 0 unspecified atom stereocenters. The highest BCUT2D eigenvalue weighted by molar-refractivity contribution is 5.84. The van der Waals surface area contributed by atoms with E-state index in [0.29, 0.717) is 6.04 Å². The molecule has 1 aromatic carbocycles. The smallest absolute Gasteiger partial charge is 0.159 e. The van der Waals surface area contributed by atoms with Gasteiger partial charge in [0.25, 0.3) is 0 Å². The van der Waals surface area contributed by atoms with Crippen LogP contribution in [0.25, 0.3) is 16.7 Å². The standard InChI is InChI=1S/C25H30N6O/c1-23(2,32)25-11-19(12-25)30(15-25)21-10-22(28-16-27-21)31-20-9-18(6-5-17(20)13-29-31)24(14-26-3)7-4-8-24/h5-6,9-10,13-14,16,19,32H,4,7-8,11-12,15H2,1-3H3. The van der Waals surface area contributed by atoms with Gasteiger partial charge in [-0.05, 0) is 51.2 Å². The van der Waals surface area contributed by atoms with Crippen LogP contribution in [0.1, 0.15) is 51.5 Å². The first-order chi connectivity index (χ1) is 15.3. The Hall–Kier alpha value is -2.80. The Labute approximate surface area is 188 Å². The van der Waals surface area contributed by atoms with Crippen molar-refractivity contribution in [3.05, 3.63) is 42.4 Å². The van der Waals surface area contributed by atoms with Crippen molar-refractivity contribution >= 4 is 22.9 Å². The van der Waals surface area contributed by atoms with Crippen molar-refractivity contribution in [2.24, 2.45) is 10.4 Å². The van der Waals surface area contributed by atoms with Crippen molar-refractivity contribution in [3.63, 3.8) is 0 Å². The Bertz CT molecular complexity index is 1210. The van der Waals surface area contributed by atoms with E-state index in [4.69, 9.17) is 0 Å². The highest BCUT2D eigenvalue weighted by Gasteiger charge is 2.62. The maximum absolute atomic E-state index is 10.7. The second-order valence-corrected chi connectivity index (χ2v) is 10.5. The number of hydrogen-bond donors (Lipinski definition) is 1. The van der Waals surface area contributed by atoms with Crippen LogP contribution in [0.4, 0.5) is 5.82 Å². The van der Waals surface area contributed by atoms with E-state index in [1.807, 2.05) is 37.8 Å². The summed E-state index contributed by atoms with van der Waals surface area (Å²) in [6.07, 6.45) is 11.2. The molecule has 7 rings (SSSR count). The van der Waals surface area contributed by atoms with Crippen LogP contribution in [-0.4, -0.2) is 56.3 Å².